The van der Waals surface area contributed by atoms with Gasteiger partial charge in [-0.3, -0.25) is 13.8 Å². The van der Waals surface area contributed by atoms with E-state index in [1.165, 1.54) is 186 Å². The van der Waals surface area contributed by atoms with Gasteiger partial charge in [0.1, 0.15) is 42.7 Å². The van der Waals surface area contributed by atoms with Crippen LogP contribution in [0.15, 0.2) is 36.5 Å². The molecule has 0 aromatic heterocycles. The quantitative estimate of drug-likeness (QED) is 0.0146. The molecule has 0 aromatic rings. The maximum absolute atomic E-state index is 12.9. The highest BCUT2D eigenvalue weighted by atomic mass is 31.2. The zero-order valence-electron chi connectivity index (χ0n) is 46.7. The summed E-state index contributed by atoms with van der Waals surface area (Å²) in [5.74, 6) is -0.479. The van der Waals surface area contributed by atoms with Crippen LogP contribution in [0.5, 0.6) is 0 Å². The fourth-order valence-corrected chi connectivity index (χ4v) is 10.5. The maximum atomic E-state index is 12.9. The molecule has 1 saturated carbocycles. The fraction of sp³-hybridized carbons (Fsp3) is 0.883. The lowest BCUT2D eigenvalue weighted by molar-refractivity contribution is -0.220. The molecule has 6 atom stereocenters. The van der Waals surface area contributed by atoms with E-state index in [-0.39, 0.29) is 13.0 Å². The van der Waals surface area contributed by atoms with Crippen LogP contribution < -0.4 is 0 Å². The Bertz CT molecular complexity index is 1350. The van der Waals surface area contributed by atoms with Crippen molar-refractivity contribution >= 4 is 13.8 Å². The van der Waals surface area contributed by atoms with Gasteiger partial charge in [0.05, 0.1) is 13.2 Å². The Hall–Kier alpha value is -1.44. The molecule has 1 fully saturated rings. The molecular weight excluding hydrogens is 944 g/mol. The van der Waals surface area contributed by atoms with Crippen LogP contribution >= 0.6 is 7.82 Å². The van der Waals surface area contributed by atoms with Gasteiger partial charge in [0.15, 0.2) is 0 Å². The molecule has 430 valence electrons. The van der Waals surface area contributed by atoms with Crippen molar-refractivity contribution in [2.45, 2.75) is 320 Å². The summed E-state index contributed by atoms with van der Waals surface area (Å²) < 4.78 is 34.5. The summed E-state index contributed by atoms with van der Waals surface area (Å²) in [6.07, 6.45) is 50.7. The van der Waals surface area contributed by atoms with Crippen molar-refractivity contribution in [3.05, 3.63) is 36.5 Å². The summed E-state index contributed by atoms with van der Waals surface area (Å²) in [5, 5.41) is 50.5. The van der Waals surface area contributed by atoms with Gasteiger partial charge in [-0.05, 0) is 51.4 Å². The molecule has 6 unspecified atom stereocenters. The van der Waals surface area contributed by atoms with E-state index < -0.39 is 63.1 Å². The van der Waals surface area contributed by atoms with Crippen molar-refractivity contribution in [1.29, 1.82) is 0 Å². The minimum atomic E-state index is -5.03. The summed E-state index contributed by atoms with van der Waals surface area (Å²) >= 11 is 0. The van der Waals surface area contributed by atoms with Gasteiger partial charge in [0.2, 0.25) is 0 Å². The first kappa shape index (κ1) is 69.6. The number of carbonyl (C=O) groups excluding carboxylic acids is 1. The van der Waals surface area contributed by atoms with Crippen LogP contribution in [0.3, 0.4) is 0 Å². The normalized spacial score (nSPS) is 20.7. The highest BCUT2D eigenvalue weighted by molar-refractivity contribution is 7.47. The van der Waals surface area contributed by atoms with Crippen molar-refractivity contribution < 1.29 is 58.3 Å². The smallest absolute Gasteiger partial charge is 0.457 e. The molecule has 0 bridgehead atoms. The second-order valence-electron chi connectivity index (χ2n) is 21.2. The average Bonchev–Trinajstić information content (AvgIpc) is 3.38. The topological polar surface area (TPSA) is 192 Å². The first-order valence-corrected chi connectivity index (χ1v) is 31.8. The van der Waals surface area contributed by atoms with E-state index in [0.717, 1.165) is 64.2 Å². The summed E-state index contributed by atoms with van der Waals surface area (Å²) in [4.78, 5) is 23.4. The Labute approximate surface area is 446 Å². The van der Waals surface area contributed by atoms with Crippen LogP contribution in [0.2, 0.25) is 0 Å². The number of aliphatic hydroxyl groups is 5. The van der Waals surface area contributed by atoms with E-state index in [0.29, 0.717) is 13.0 Å². The number of esters is 1. The van der Waals surface area contributed by atoms with Gasteiger partial charge in [-0.25, -0.2) is 4.57 Å². The van der Waals surface area contributed by atoms with E-state index in [2.05, 4.69) is 50.3 Å². The number of allylic oxidation sites excluding steroid dienone is 6. The van der Waals surface area contributed by atoms with Gasteiger partial charge in [0.25, 0.3) is 0 Å². The van der Waals surface area contributed by atoms with Crippen LogP contribution in [0.4, 0.5) is 0 Å². The van der Waals surface area contributed by atoms with Crippen LogP contribution in [0, 0.1) is 0 Å². The molecule has 0 heterocycles. The van der Waals surface area contributed by atoms with Gasteiger partial charge in [-0.1, -0.05) is 256 Å². The lowest BCUT2D eigenvalue weighted by Gasteiger charge is -2.41. The number of hydrogen-bond acceptors (Lipinski definition) is 11. The number of aliphatic hydroxyl groups excluding tert-OH is 5. The Balaban J connectivity index is 2.26. The highest BCUT2D eigenvalue weighted by Crippen LogP contribution is 2.47. The van der Waals surface area contributed by atoms with Crippen LogP contribution in [0.1, 0.15) is 277 Å². The molecule has 0 radical (unpaired) electrons. The number of ether oxygens (including phenoxy) is 2. The fourth-order valence-electron chi connectivity index (χ4n) is 9.48. The molecule has 1 rings (SSSR count). The molecule has 13 heteroatoms. The van der Waals surface area contributed by atoms with Crippen molar-refractivity contribution in [3.8, 4) is 0 Å². The number of phosphoric acid groups is 1. The van der Waals surface area contributed by atoms with Crippen molar-refractivity contribution in [2.75, 3.05) is 19.8 Å². The van der Waals surface area contributed by atoms with Crippen LogP contribution in [-0.2, 0) is 27.9 Å². The Morgan fingerprint density at radius 1 is 0.438 bits per heavy atom. The summed E-state index contributed by atoms with van der Waals surface area (Å²) in [7, 11) is -5.03. The first-order valence-electron chi connectivity index (χ1n) is 30.3. The van der Waals surface area contributed by atoms with Gasteiger partial charge >= 0.3 is 13.8 Å². The number of carbonyl (C=O) groups is 1. The van der Waals surface area contributed by atoms with Gasteiger partial charge in [0, 0.05) is 13.0 Å². The van der Waals surface area contributed by atoms with Crippen molar-refractivity contribution in [3.63, 3.8) is 0 Å². The Morgan fingerprint density at radius 2 is 0.767 bits per heavy atom. The Morgan fingerprint density at radius 3 is 1.16 bits per heavy atom. The summed E-state index contributed by atoms with van der Waals surface area (Å²) in [6, 6.07) is 0. The predicted molar refractivity (Wildman–Crippen MR) is 299 cm³/mol. The lowest BCUT2D eigenvalue weighted by Crippen LogP contribution is -2.64. The third-order valence-corrected chi connectivity index (χ3v) is 15.3. The largest absolute Gasteiger partial charge is 0.472 e. The standard InChI is InChI=1S/C60H113O12P/c1-3-5-7-9-11-13-15-17-19-21-23-25-27-29-31-33-35-37-39-41-43-45-47-49-54(61)71-53(52-70-73(67,68)72-60-58(65)56(63)55(62)57(64)59(60)66)51-69-50-48-46-44-42-40-38-36-34-32-30-28-26-24-22-20-18-16-14-12-10-8-6-4-2/h15,17,21,23,27,29,53,55-60,62-66H,3-14,16,18-20,22,24-26,28,30-52H2,1-2H3,(H,67,68)/b17-15-,23-21-,29-27-. The summed E-state index contributed by atoms with van der Waals surface area (Å²) in [6.45, 7) is 4.30. The molecule has 0 saturated heterocycles. The van der Waals surface area contributed by atoms with Gasteiger partial charge < -0.3 is 39.9 Å². The molecule has 0 amide bonds. The summed E-state index contributed by atoms with van der Waals surface area (Å²) in [5.41, 5.74) is 0. The third-order valence-electron chi connectivity index (χ3n) is 14.3. The number of hydrogen-bond donors (Lipinski definition) is 6. The van der Waals surface area contributed by atoms with Crippen LogP contribution in [0.25, 0.3) is 0 Å². The predicted octanol–water partition coefficient (Wildman–Crippen LogP) is 14.9. The second kappa shape index (κ2) is 50.1. The van der Waals surface area contributed by atoms with E-state index in [1.807, 2.05) is 0 Å². The molecule has 0 spiro atoms. The molecule has 0 aromatic carbocycles. The molecule has 73 heavy (non-hydrogen) atoms. The molecule has 1 aliphatic carbocycles. The monoisotopic (exact) mass is 1060 g/mol. The van der Waals surface area contributed by atoms with Crippen molar-refractivity contribution in [2.24, 2.45) is 0 Å². The number of phosphoric ester groups is 1. The molecule has 6 N–H and O–H groups in total. The minimum absolute atomic E-state index is 0.0760. The average molecular weight is 1060 g/mol. The SMILES string of the molecule is CCCCCCC/C=C\C/C=C\C/C=C\CCCCCCCCCCC(=O)OC(COCCCCCCCCCCCCCCCCCCCCCCCCC)COP(=O)(O)OC1C(O)C(O)C(O)C(O)C1O. The molecular formula is C60H113O12P. The maximum Gasteiger partial charge on any atom is 0.472 e. The van der Waals surface area contributed by atoms with Crippen molar-refractivity contribution in [1.82, 2.24) is 0 Å². The first-order chi connectivity index (χ1) is 35.5. The molecule has 12 nitrogen and oxygen atoms in total. The van der Waals surface area contributed by atoms with E-state index in [4.69, 9.17) is 18.5 Å². The van der Waals surface area contributed by atoms with Crippen LogP contribution in [-0.4, -0.2) is 98.9 Å². The Kier molecular flexibility index (Phi) is 47.7. The lowest BCUT2D eigenvalue weighted by atomic mass is 9.85. The van der Waals surface area contributed by atoms with Gasteiger partial charge in [-0.15, -0.1) is 0 Å². The van der Waals surface area contributed by atoms with E-state index in [1.54, 1.807) is 0 Å². The van der Waals surface area contributed by atoms with E-state index in [9.17, 15) is 39.8 Å². The van der Waals surface area contributed by atoms with Gasteiger partial charge in [-0.2, -0.15) is 0 Å². The number of rotatable bonds is 53. The molecule has 0 aliphatic heterocycles. The highest BCUT2D eigenvalue weighted by Gasteiger charge is 2.51. The third kappa shape index (κ3) is 41.3. The zero-order chi connectivity index (χ0) is 53.3. The number of unbranched alkanes of at least 4 members (excludes halogenated alkanes) is 35. The minimum Gasteiger partial charge on any atom is -0.457 e. The second-order valence-corrected chi connectivity index (χ2v) is 22.6. The molecule has 1 aliphatic rings. The zero-order valence-corrected chi connectivity index (χ0v) is 47.6. The van der Waals surface area contributed by atoms with E-state index >= 15 is 0 Å².